The first kappa shape index (κ1) is 21.4. The van der Waals surface area contributed by atoms with Crippen molar-refractivity contribution in [3.05, 3.63) is 83.2 Å². The highest BCUT2D eigenvalue weighted by Gasteiger charge is 2.31. The number of hydrazone groups is 1. The number of aromatic nitrogens is 1. The second kappa shape index (κ2) is 8.33. The average molecular weight is 440 g/mol. The van der Waals surface area contributed by atoms with Crippen LogP contribution >= 0.6 is 0 Å². The molecule has 0 spiro atoms. The first-order valence-corrected chi connectivity index (χ1v) is 9.76. The van der Waals surface area contributed by atoms with Gasteiger partial charge in [-0.2, -0.15) is 18.3 Å². The molecule has 0 aliphatic carbocycles. The quantitative estimate of drug-likeness (QED) is 0.601. The Labute approximate surface area is 182 Å². The van der Waals surface area contributed by atoms with E-state index in [9.17, 15) is 23.1 Å². The summed E-state index contributed by atoms with van der Waals surface area (Å²) in [5.41, 5.74) is 1.74. The lowest BCUT2D eigenvalue weighted by Crippen LogP contribution is -2.18. The van der Waals surface area contributed by atoms with Crippen LogP contribution in [0.25, 0.3) is 0 Å². The van der Waals surface area contributed by atoms with Gasteiger partial charge in [0.15, 0.2) is 0 Å². The Morgan fingerprint density at radius 3 is 2.75 bits per heavy atom. The summed E-state index contributed by atoms with van der Waals surface area (Å²) in [4.78, 5) is 16.6. The van der Waals surface area contributed by atoms with Crippen molar-refractivity contribution in [2.75, 3.05) is 16.9 Å². The van der Waals surface area contributed by atoms with Gasteiger partial charge in [0.1, 0.15) is 5.75 Å². The number of alkyl halides is 3. The smallest absolute Gasteiger partial charge is 0.416 e. The van der Waals surface area contributed by atoms with Gasteiger partial charge in [-0.1, -0.05) is 12.1 Å². The van der Waals surface area contributed by atoms with Crippen molar-refractivity contribution in [2.24, 2.45) is 5.10 Å². The molecule has 164 valence electrons. The zero-order valence-corrected chi connectivity index (χ0v) is 17.0. The molecule has 0 saturated heterocycles. The van der Waals surface area contributed by atoms with Crippen LogP contribution in [0.3, 0.4) is 0 Å². The van der Waals surface area contributed by atoms with Crippen LogP contribution in [-0.2, 0) is 6.18 Å². The number of nitrogens with zero attached hydrogens (tertiary/aromatic N) is 3. The fourth-order valence-electron chi connectivity index (χ4n) is 3.47. The number of carbonyl (C=O) groups is 1. The molecule has 6 nitrogen and oxygen atoms in total. The van der Waals surface area contributed by atoms with Crippen molar-refractivity contribution in [1.29, 1.82) is 0 Å². The SMILES string of the molecule is Cc1ccc(NC(=O)c2cccc(C(F)(F)F)c2)cc1N1CC(c2cnccc2O)C=N1. The van der Waals surface area contributed by atoms with Gasteiger partial charge >= 0.3 is 6.18 Å². The lowest BCUT2D eigenvalue weighted by atomic mass is 10.0. The highest BCUT2D eigenvalue weighted by Crippen LogP contribution is 2.33. The Hall–Kier alpha value is -3.88. The Morgan fingerprint density at radius 1 is 1.19 bits per heavy atom. The summed E-state index contributed by atoms with van der Waals surface area (Å²) in [6.45, 7) is 2.35. The van der Waals surface area contributed by atoms with Gasteiger partial charge in [0, 0.05) is 41.3 Å². The van der Waals surface area contributed by atoms with E-state index in [0.29, 0.717) is 17.8 Å². The minimum absolute atomic E-state index is 0.0896. The number of halogens is 3. The molecule has 1 atom stereocenters. The number of aryl methyl sites for hydroxylation is 1. The van der Waals surface area contributed by atoms with Gasteiger partial charge in [0.05, 0.1) is 17.8 Å². The highest BCUT2D eigenvalue weighted by molar-refractivity contribution is 6.04. The van der Waals surface area contributed by atoms with Gasteiger partial charge in [0.2, 0.25) is 0 Å². The number of aromatic hydroxyl groups is 1. The number of hydrogen-bond acceptors (Lipinski definition) is 5. The summed E-state index contributed by atoms with van der Waals surface area (Å²) >= 11 is 0. The maximum atomic E-state index is 12.9. The normalized spacial score (nSPS) is 15.8. The van der Waals surface area contributed by atoms with E-state index in [2.05, 4.69) is 15.4 Å². The predicted octanol–water partition coefficient (Wildman–Crippen LogP) is 4.96. The second-order valence-electron chi connectivity index (χ2n) is 7.42. The summed E-state index contributed by atoms with van der Waals surface area (Å²) in [7, 11) is 0. The number of rotatable bonds is 4. The van der Waals surface area contributed by atoms with Crippen molar-refractivity contribution in [3.8, 4) is 5.75 Å². The topological polar surface area (TPSA) is 77.8 Å². The molecule has 0 radical (unpaired) electrons. The lowest BCUT2D eigenvalue weighted by Gasteiger charge is -2.20. The molecule has 2 heterocycles. The maximum absolute atomic E-state index is 12.9. The first-order valence-electron chi connectivity index (χ1n) is 9.76. The van der Waals surface area contributed by atoms with Crippen molar-refractivity contribution in [2.45, 2.75) is 19.0 Å². The van der Waals surface area contributed by atoms with E-state index in [-0.39, 0.29) is 17.2 Å². The van der Waals surface area contributed by atoms with Crippen LogP contribution in [0.5, 0.6) is 5.75 Å². The summed E-state index contributed by atoms with van der Waals surface area (Å²) in [6, 6.07) is 11.0. The standard InChI is InChI=1S/C23H19F3N4O2/c1-14-5-6-18(29-22(32)15-3-2-4-17(9-15)23(24,25)26)10-20(14)30-13-16(11-28-30)19-12-27-8-7-21(19)31/h2-12,16H,13H2,1H3,(H,27,31)(H,29,32). The zero-order valence-electron chi connectivity index (χ0n) is 17.0. The van der Waals surface area contributed by atoms with Crippen molar-refractivity contribution >= 4 is 23.5 Å². The minimum Gasteiger partial charge on any atom is -0.508 e. The van der Waals surface area contributed by atoms with E-state index in [0.717, 1.165) is 23.4 Å². The third-order valence-electron chi connectivity index (χ3n) is 5.18. The molecule has 1 amide bonds. The molecule has 1 unspecified atom stereocenters. The van der Waals surface area contributed by atoms with Gasteiger partial charge in [0.25, 0.3) is 5.91 Å². The molecule has 1 aliphatic heterocycles. The van der Waals surface area contributed by atoms with Gasteiger partial charge in [-0.05, 0) is 48.9 Å². The Kier molecular flexibility index (Phi) is 5.56. The molecule has 2 aromatic carbocycles. The molecule has 2 N–H and O–H groups in total. The number of pyridine rings is 1. The van der Waals surface area contributed by atoms with Crippen molar-refractivity contribution in [3.63, 3.8) is 0 Å². The molecule has 0 fully saturated rings. The number of anilines is 2. The predicted molar refractivity (Wildman–Crippen MR) is 115 cm³/mol. The van der Waals surface area contributed by atoms with Crippen molar-refractivity contribution in [1.82, 2.24) is 4.98 Å². The number of amides is 1. The molecule has 1 aliphatic rings. The van der Waals surface area contributed by atoms with E-state index in [1.807, 2.05) is 6.92 Å². The number of benzene rings is 2. The van der Waals surface area contributed by atoms with Gasteiger partial charge in [-0.25, -0.2) is 0 Å². The molecule has 9 heteroatoms. The fraction of sp³-hybridized carbons (Fsp3) is 0.174. The third kappa shape index (κ3) is 4.41. The van der Waals surface area contributed by atoms with Crippen molar-refractivity contribution < 1.29 is 23.1 Å². The van der Waals surface area contributed by atoms with E-state index in [1.54, 1.807) is 35.6 Å². The van der Waals surface area contributed by atoms with E-state index in [1.165, 1.54) is 24.4 Å². The monoisotopic (exact) mass is 440 g/mol. The average Bonchev–Trinajstić information content (AvgIpc) is 3.24. The fourth-order valence-corrected chi connectivity index (χ4v) is 3.47. The molecule has 0 saturated carbocycles. The maximum Gasteiger partial charge on any atom is 0.416 e. The van der Waals surface area contributed by atoms with Crippen LogP contribution in [-0.4, -0.2) is 28.8 Å². The summed E-state index contributed by atoms with van der Waals surface area (Å²) in [5.74, 6) is -0.669. The first-order chi connectivity index (χ1) is 15.2. The lowest BCUT2D eigenvalue weighted by molar-refractivity contribution is -0.137. The van der Waals surface area contributed by atoms with E-state index < -0.39 is 17.6 Å². The molecule has 3 aromatic rings. The van der Waals surface area contributed by atoms with Crippen LogP contribution in [0.4, 0.5) is 24.5 Å². The molecule has 0 bridgehead atoms. The molecule has 1 aromatic heterocycles. The molecular weight excluding hydrogens is 421 g/mol. The highest BCUT2D eigenvalue weighted by atomic mass is 19.4. The van der Waals surface area contributed by atoms with Crippen LogP contribution in [0, 0.1) is 6.92 Å². The number of hydrogen-bond donors (Lipinski definition) is 2. The number of nitrogens with one attached hydrogen (secondary N) is 1. The summed E-state index contributed by atoms with van der Waals surface area (Å²) < 4.78 is 38.8. The molecule has 4 rings (SSSR count). The Morgan fingerprint density at radius 2 is 2.00 bits per heavy atom. The van der Waals surface area contributed by atoms with Crippen LogP contribution < -0.4 is 10.3 Å². The largest absolute Gasteiger partial charge is 0.508 e. The second-order valence-corrected chi connectivity index (χ2v) is 7.42. The summed E-state index contributed by atoms with van der Waals surface area (Å²) in [6.07, 6.45) is 0.280. The number of carbonyl (C=O) groups excluding carboxylic acids is 1. The van der Waals surface area contributed by atoms with Gasteiger partial charge in [-0.15, -0.1) is 0 Å². The molecular formula is C23H19F3N4O2. The zero-order chi connectivity index (χ0) is 22.9. The van der Waals surface area contributed by atoms with Crippen LogP contribution in [0.2, 0.25) is 0 Å². The van der Waals surface area contributed by atoms with Crippen LogP contribution in [0.1, 0.15) is 33.0 Å². The minimum atomic E-state index is -4.53. The van der Waals surface area contributed by atoms with Gasteiger partial charge in [-0.3, -0.25) is 14.8 Å². The molecule has 32 heavy (non-hydrogen) atoms. The van der Waals surface area contributed by atoms with Crippen LogP contribution in [0.15, 0.2) is 66.0 Å². The Bertz CT molecular complexity index is 1190. The van der Waals surface area contributed by atoms with Gasteiger partial charge < -0.3 is 10.4 Å². The third-order valence-corrected chi connectivity index (χ3v) is 5.18. The summed E-state index contributed by atoms with van der Waals surface area (Å²) in [5, 5.41) is 18.9. The van der Waals surface area contributed by atoms with E-state index in [4.69, 9.17) is 0 Å². The Balaban J connectivity index is 1.52. The van der Waals surface area contributed by atoms with E-state index >= 15 is 0 Å².